The lowest BCUT2D eigenvalue weighted by molar-refractivity contribution is 0.225. The Labute approximate surface area is 112 Å². The van der Waals surface area contributed by atoms with Crippen LogP contribution < -0.4 is 11.3 Å². The van der Waals surface area contributed by atoms with Gasteiger partial charge in [0.05, 0.1) is 6.04 Å². The van der Waals surface area contributed by atoms with Crippen LogP contribution in [0.5, 0.6) is 0 Å². The van der Waals surface area contributed by atoms with Crippen molar-refractivity contribution in [1.29, 1.82) is 0 Å². The number of hydrogen-bond donors (Lipinski definition) is 2. The van der Waals surface area contributed by atoms with Crippen LogP contribution >= 0.6 is 23.2 Å². The largest absolute Gasteiger partial charge is 0.271 e. The minimum absolute atomic E-state index is 0.0659. The van der Waals surface area contributed by atoms with Crippen molar-refractivity contribution in [2.45, 2.75) is 38.6 Å². The maximum Gasteiger partial charge on any atom is 0.0528 e. The van der Waals surface area contributed by atoms with Crippen molar-refractivity contribution in [2.75, 3.05) is 0 Å². The summed E-state index contributed by atoms with van der Waals surface area (Å²) in [6.45, 7) is 2.27. The van der Waals surface area contributed by atoms with E-state index in [0.717, 1.165) is 10.6 Å². The third kappa shape index (κ3) is 2.60. The van der Waals surface area contributed by atoms with E-state index in [1.54, 1.807) is 6.07 Å². The lowest BCUT2D eigenvalue weighted by atomic mass is 9.77. The molecule has 1 saturated carbocycles. The van der Waals surface area contributed by atoms with Crippen molar-refractivity contribution in [2.24, 2.45) is 11.3 Å². The van der Waals surface area contributed by atoms with E-state index in [2.05, 4.69) is 12.3 Å². The van der Waals surface area contributed by atoms with Gasteiger partial charge in [0.2, 0.25) is 0 Å². The molecule has 0 saturated heterocycles. The smallest absolute Gasteiger partial charge is 0.0528 e. The monoisotopic (exact) mass is 272 g/mol. The predicted molar refractivity (Wildman–Crippen MR) is 73.1 cm³/mol. The van der Waals surface area contributed by atoms with E-state index in [4.69, 9.17) is 29.0 Å². The topological polar surface area (TPSA) is 38.0 Å². The molecule has 94 valence electrons. The maximum absolute atomic E-state index is 6.26. The van der Waals surface area contributed by atoms with Crippen molar-refractivity contribution >= 4 is 23.2 Å². The van der Waals surface area contributed by atoms with Gasteiger partial charge in [-0.1, -0.05) is 43.0 Å². The molecule has 1 unspecified atom stereocenters. The number of hydrogen-bond acceptors (Lipinski definition) is 2. The summed E-state index contributed by atoms with van der Waals surface area (Å²) >= 11 is 12.3. The molecule has 0 spiro atoms. The van der Waals surface area contributed by atoms with Crippen LogP contribution in [0.25, 0.3) is 0 Å². The molecule has 1 aromatic rings. The molecule has 4 heteroatoms. The molecule has 1 aliphatic carbocycles. The molecule has 1 fully saturated rings. The summed E-state index contributed by atoms with van der Waals surface area (Å²) in [7, 11) is 0. The van der Waals surface area contributed by atoms with E-state index in [1.807, 2.05) is 12.1 Å². The van der Waals surface area contributed by atoms with E-state index >= 15 is 0 Å². The molecule has 2 nitrogen and oxygen atoms in total. The predicted octanol–water partition coefficient (Wildman–Crippen LogP) is 4.08. The number of rotatable bonds is 3. The highest BCUT2D eigenvalue weighted by molar-refractivity contribution is 6.33. The van der Waals surface area contributed by atoms with Crippen LogP contribution in [0.15, 0.2) is 18.2 Å². The molecule has 0 aromatic heterocycles. The molecule has 0 bridgehead atoms. The molecule has 0 aliphatic heterocycles. The summed E-state index contributed by atoms with van der Waals surface area (Å²) in [5.74, 6) is 5.74. The Kier molecular flexibility index (Phi) is 3.99. The minimum Gasteiger partial charge on any atom is -0.271 e. The Balaban J connectivity index is 2.37. The van der Waals surface area contributed by atoms with E-state index in [1.165, 1.54) is 25.7 Å². The van der Waals surface area contributed by atoms with Crippen LogP contribution in [-0.4, -0.2) is 0 Å². The highest BCUT2D eigenvalue weighted by Gasteiger charge is 2.38. The molecule has 0 radical (unpaired) electrons. The first-order chi connectivity index (χ1) is 8.07. The zero-order valence-electron chi connectivity index (χ0n) is 9.97. The summed E-state index contributed by atoms with van der Waals surface area (Å²) < 4.78 is 0. The molecule has 0 amide bonds. The van der Waals surface area contributed by atoms with E-state index < -0.39 is 0 Å². The van der Waals surface area contributed by atoms with Gasteiger partial charge < -0.3 is 0 Å². The fraction of sp³-hybridized carbons (Fsp3) is 0.538. The Morgan fingerprint density at radius 2 is 1.94 bits per heavy atom. The van der Waals surface area contributed by atoms with Crippen LogP contribution in [0, 0.1) is 5.41 Å². The standard InChI is InChI=1S/C13H18Cl2N2/c1-13(6-2-3-7-13)12(17-16)10-8-9(14)4-5-11(10)15/h4-5,8,12,17H,2-3,6-7,16H2,1H3. The molecule has 3 N–H and O–H groups in total. The van der Waals surface area contributed by atoms with Crippen LogP contribution in [-0.2, 0) is 0 Å². The fourth-order valence-electron chi connectivity index (χ4n) is 2.87. The second-order valence-corrected chi connectivity index (χ2v) is 5.97. The van der Waals surface area contributed by atoms with Crippen molar-refractivity contribution < 1.29 is 0 Å². The maximum atomic E-state index is 6.26. The van der Waals surface area contributed by atoms with Gasteiger partial charge in [-0.15, -0.1) is 0 Å². The van der Waals surface area contributed by atoms with Crippen LogP contribution in [0.1, 0.15) is 44.2 Å². The van der Waals surface area contributed by atoms with Gasteiger partial charge in [0, 0.05) is 10.0 Å². The first-order valence-corrected chi connectivity index (χ1v) is 6.73. The molecular formula is C13H18Cl2N2. The van der Waals surface area contributed by atoms with E-state index in [-0.39, 0.29) is 11.5 Å². The Morgan fingerprint density at radius 1 is 1.29 bits per heavy atom. The Hall–Kier alpha value is -0.280. The van der Waals surface area contributed by atoms with E-state index in [9.17, 15) is 0 Å². The second-order valence-electron chi connectivity index (χ2n) is 5.13. The number of hydrazine groups is 1. The second kappa shape index (κ2) is 5.15. The SMILES string of the molecule is CC1(C(NN)c2cc(Cl)ccc2Cl)CCCC1. The molecule has 1 aliphatic rings. The Bertz CT molecular complexity index is 400. The number of nitrogens with two attached hydrogens (primary N) is 1. The van der Waals surface area contributed by atoms with Gasteiger partial charge in [-0.3, -0.25) is 11.3 Å². The average Bonchev–Trinajstić information content (AvgIpc) is 2.72. The van der Waals surface area contributed by atoms with Gasteiger partial charge in [-0.05, 0) is 42.0 Å². The summed E-state index contributed by atoms with van der Waals surface area (Å²) in [5, 5.41) is 1.43. The summed E-state index contributed by atoms with van der Waals surface area (Å²) in [6, 6.07) is 5.62. The fourth-order valence-corrected chi connectivity index (χ4v) is 3.28. The Morgan fingerprint density at radius 3 is 2.53 bits per heavy atom. The van der Waals surface area contributed by atoms with Crippen LogP contribution in [0.4, 0.5) is 0 Å². The summed E-state index contributed by atoms with van der Waals surface area (Å²) in [5.41, 5.74) is 4.10. The van der Waals surface area contributed by atoms with Gasteiger partial charge in [-0.25, -0.2) is 0 Å². The molecule has 1 atom stereocenters. The molecule has 1 aromatic carbocycles. The van der Waals surface area contributed by atoms with E-state index in [0.29, 0.717) is 5.02 Å². The molecule has 2 rings (SSSR count). The lowest BCUT2D eigenvalue weighted by Gasteiger charge is -2.34. The van der Waals surface area contributed by atoms with Gasteiger partial charge >= 0.3 is 0 Å². The van der Waals surface area contributed by atoms with Gasteiger partial charge in [0.25, 0.3) is 0 Å². The third-order valence-electron chi connectivity index (χ3n) is 3.88. The minimum atomic E-state index is 0.0659. The number of halogens is 2. The summed E-state index contributed by atoms with van der Waals surface area (Å²) in [6.07, 6.45) is 4.86. The number of benzene rings is 1. The first kappa shape index (κ1) is 13.2. The van der Waals surface area contributed by atoms with Crippen molar-refractivity contribution in [3.8, 4) is 0 Å². The quantitative estimate of drug-likeness (QED) is 0.643. The van der Waals surface area contributed by atoms with Crippen molar-refractivity contribution in [3.63, 3.8) is 0 Å². The van der Waals surface area contributed by atoms with Crippen LogP contribution in [0.3, 0.4) is 0 Å². The van der Waals surface area contributed by atoms with Gasteiger partial charge in [0.15, 0.2) is 0 Å². The molecule has 17 heavy (non-hydrogen) atoms. The normalized spacial score (nSPS) is 20.5. The van der Waals surface area contributed by atoms with Crippen molar-refractivity contribution in [3.05, 3.63) is 33.8 Å². The summed E-state index contributed by atoms with van der Waals surface area (Å²) in [4.78, 5) is 0. The number of nitrogens with one attached hydrogen (secondary N) is 1. The average molecular weight is 273 g/mol. The van der Waals surface area contributed by atoms with Crippen molar-refractivity contribution in [1.82, 2.24) is 5.43 Å². The van der Waals surface area contributed by atoms with Gasteiger partial charge in [0.1, 0.15) is 0 Å². The van der Waals surface area contributed by atoms with Crippen LogP contribution in [0.2, 0.25) is 10.0 Å². The van der Waals surface area contributed by atoms with Gasteiger partial charge in [-0.2, -0.15) is 0 Å². The molecular weight excluding hydrogens is 255 g/mol. The zero-order valence-corrected chi connectivity index (χ0v) is 11.5. The zero-order chi connectivity index (χ0) is 12.5. The first-order valence-electron chi connectivity index (χ1n) is 5.98. The molecule has 0 heterocycles. The third-order valence-corrected chi connectivity index (χ3v) is 4.46. The highest BCUT2D eigenvalue weighted by Crippen LogP contribution is 2.48. The highest BCUT2D eigenvalue weighted by atomic mass is 35.5. The lowest BCUT2D eigenvalue weighted by Crippen LogP contribution is -2.38.